The van der Waals surface area contributed by atoms with E-state index in [2.05, 4.69) is 5.32 Å². The van der Waals surface area contributed by atoms with Crippen molar-refractivity contribution < 1.29 is 23.9 Å². The molecular formula is C30H22Cl2N2O5. The molecule has 4 aromatic rings. The number of amides is 4. The van der Waals surface area contributed by atoms with Crippen LogP contribution in [0.1, 0.15) is 18.1 Å². The number of nitrogens with one attached hydrogen (secondary N) is 1. The van der Waals surface area contributed by atoms with E-state index in [9.17, 15) is 14.4 Å². The van der Waals surface area contributed by atoms with E-state index >= 15 is 0 Å². The lowest BCUT2D eigenvalue weighted by Crippen LogP contribution is -2.54. The van der Waals surface area contributed by atoms with E-state index in [0.717, 1.165) is 21.2 Å². The molecule has 0 radical (unpaired) electrons. The lowest BCUT2D eigenvalue weighted by atomic mass is 10.1. The van der Waals surface area contributed by atoms with Crippen LogP contribution in [0.15, 0.2) is 84.4 Å². The number of benzene rings is 4. The third-order valence-electron chi connectivity index (χ3n) is 6.03. The average molecular weight is 561 g/mol. The van der Waals surface area contributed by atoms with Crippen molar-refractivity contribution in [3.63, 3.8) is 0 Å². The zero-order valence-electron chi connectivity index (χ0n) is 20.7. The summed E-state index contributed by atoms with van der Waals surface area (Å²) in [6.07, 6.45) is 1.36. The van der Waals surface area contributed by atoms with Gasteiger partial charge in [0, 0.05) is 5.02 Å². The van der Waals surface area contributed by atoms with Gasteiger partial charge in [-0.15, -0.1) is 0 Å². The maximum Gasteiger partial charge on any atom is 0.335 e. The Morgan fingerprint density at radius 1 is 0.872 bits per heavy atom. The number of urea groups is 1. The fourth-order valence-corrected chi connectivity index (χ4v) is 4.61. The third-order valence-corrected chi connectivity index (χ3v) is 6.56. The van der Waals surface area contributed by atoms with E-state index in [1.165, 1.54) is 18.2 Å². The molecule has 0 aromatic heterocycles. The number of nitrogens with zero attached hydrogens (tertiary/aromatic N) is 1. The minimum Gasteiger partial charge on any atom is -0.490 e. The van der Waals surface area contributed by atoms with Gasteiger partial charge in [0.25, 0.3) is 11.8 Å². The molecule has 5 rings (SSSR count). The molecule has 4 amide bonds. The van der Waals surface area contributed by atoms with Gasteiger partial charge in [-0.05, 0) is 77.4 Å². The summed E-state index contributed by atoms with van der Waals surface area (Å²) in [5, 5.41) is 5.10. The van der Waals surface area contributed by atoms with Crippen molar-refractivity contribution in [1.29, 1.82) is 0 Å². The Balaban J connectivity index is 1.43. The predicted molar refractivity (Wildman–Crippen MR) is 151 cm³/mol. The largest absolute Gasteiger partial charge is 0.490 e. The standard InChI is InChI=1S/C30H22Cl2N2O5/c1-2-38-26-16-19(14-24-28(35)33-30(37)34(29(24)36)23-11-9-22(31)10-12-23)15-25(32)27(26)39-17-18-7-8-20-5-3-4-6-21(20)13-18/h3-16H,2,17H2,1H3,(H,33,35,37)/b24-14+. The molecule has 0 aliphatic carbocycles. The van der Waals surface area contributed by atoms with Crippen LogP contribution in [0.3, 0.4) is 0 Å². The minimum atomic E-state index is -0.852. The number of imide groups is 2. The molecule has 1 saturated heterocycles. The van der Waals surface area contributed by atoms with Crippen LogP contribution in [0.2, 0.25) is 10.0 Å². The summed E-state index contributed by atoms with van der Waals surface area (Å²) < 4.78 is 11.8. The number of carbonyl (C=O) groups excluding carboxylic acids is 3. The highest BCUT2D eigenvalue weighted by Gasteiger charge is 2.36. The second kappa shape index (κ2) is 11.2. The van der Waals surface area contributed by atoms with E-state index in [-0.39, 0.29) is 22.9 Å². The van der Waals surface area contributed by atoms with Crippen molar-refractivity contribution in [2.24, 2.45) is 0 Å². The summed E-state index contributed by atoms with van der Waals surface area (Å²) in [7, 11) is 0. The molecule has 4 aromatic carbocycles. The minimum absolute atomic E-state index is 0.239. The van der Waals surface area contributed by atoms with Crippen LogP contribution in [0.5, 0.6) is 11.5 Å². The van der Waals surface area contributed by atoms with Gasteiger partial charge in [-0.25, -0.2) is 9.69 Å². The van der Waals surface area contributed by atoms with Crippen LogP contribution in [0, 0.1) is 0 Å². The second-order valence-electron chi connectivity index (χ2n) is 8.67. The highest BCUT2D eigenvalue weighted by molar-refractivity contribution is 6.39. The van der Waals surface area contributed by atoms with E-state index in [0.29, 0.717) is 28.7 Å². The van der Waals surface area contributed by atoms with Crippen LogP contribution < -0.4 is 19.7 Å². The van der Waals surface area contributed by atoms with Crippen molar-refractivity contribution >= 4 is 63.6 Å². The molecule has 7 nitrogen and oxygen atoms in total. The Labute approximate surface area is 234 Å². The topological polar surface area (TPSA) is 84.9 Å². The molecule has 1 heterocycles. The fraction of sp³-hybridized carbons (Fsp3) is 0.100. The molecule has 39 heavy (non-hydrogen) atoms. The van der Waals surface area contributed by atoms with Gasteiger partial charge in [-0.2, -0.15) is 0 Å². The first kappa shape index (κ1) is 26.3. The normalized spacial score (nSPS) is 14.6. The van der Waals surface area contributed by atoms with Gasteiger partial charge in [-0.3, -0.25) is 14.9 Å². The Bertz CT molecular complexity index is 1630. The number of anilines is 1. The Hall–Kier alpha value is -4.33. The molecule has 1 fully saturated rings. The van der Waals surface area contributed by atoms with Crippen molar-refractivity contribution in [1.82, 2.24) is 5.32 Å². The SMILES string of the molecule is CCOc1cc(/C=C2\C(=O)NC(=O)N(c3ccc(Cl)cc3)C2=O)cc(Cl)c1OCc1ccc2ccccc2c1. The summed E-state index contributed by atoms with van der Waals surface area (Å²) >= 11 is 12.5. The molecule has 0 bridgehead atoms. The number of carbonyl (C=O) groups is 3. The summed E-state index contributed by atoms with van der Waals surface area (Å²) in [4.78, 5) is 39.1. The monoisotopic (exact) mass is 560 g/mol. The van der Waals surface area contributed by atoms with Gasteiger partial charge >= 0.3 is 6.03 Å². The molecule has 1 aliphatic heterocycles. The van der Waals surface area contributed by atoms with Crippen LogP contribution in [-0.2, 0) is 16.2 Å². The zero-order valence-corrected chi connectivity index (χ0v) is 22.3. The highest BCUT2D eigenvalue weighted by atomic mass is 35.5. The molecule has 0 unspecified atom stereocenters. The summed E-state index contributed by atoms with van der Waals surface area (Å²) in [6.45, 7) is 2.41. The molecule has 196 valence electrons. The smallest absolute Gasteiger partial charge is 0.335 e. The average Bonchev–Trinajstić information content (AvgIpc) is 2.91. The number of halogens is 2. The first-order valence-electron chi connectivity index (χ1n) is 12.1. The Kier molecular flexibility index (Phi) is 7.54. The molecule has 1 N–H and O–H groups in total. The van der Waals surface area contributed by atoms with Crippen molar-refractivity contribution in [2.75, 3.05) is 11.5 Å². The quantitative estimate of drug-likeness (QED) is 0.198. The number of hydrogen-bond acceptors (Lipinski definition) is 5. The van der Waals surface area contributed by atoms with E-state index < -0.39 is 17.8 Å². The summed E-state index contributed by atoms with van der Waals surface area (Å²) in [5.41, 5.74) is 1.40. The Morgan fingerprint density at radius 2 is 1.62 bits per heavy atom. The molecule has 0 saturated carbocycles. The first-order chi connectivity index (χ1) is 18.8. The van der Waals surface area contributed by atoms with Gasteiger partial charge in [-0.1, -0.05) is 59.6 Å². The van der Waals surface area contributed by atoms with Gasteiger partial charge < -0.3 is 9.47 Å². The Morgan fingerprint density at radius 3 is 2.36 bits per heavy atom. The highest BCUT2D eigenvalue weighted by Crippen LogP contribution is 2.38. The van der Waals surface area contributed by atoms with Crippen molar-refractivity contribution in [2.45, 2.75) is 13.5 Å². The number of fused-ring (bicyclic) bond motifs is 1. The van der Waals surface area contributed by atoms with Crippen LogP contribution in [0.25, 0.3) is 16.8 Å². The maximum absolute atomic E-state index is 13.2. The molecular weight excluding hydrogens is 539 g/mol. The third kappa shape index (κ3) is 5.60. The number of hydrogen-bond donors (Lipinski definition) is 1. The van der Waals surface area contributed by atoms with Gasteiger partial charge in [0.15, 0.2) is 11.5 Å². The lowest BCUT2D eigenvalue weighted by Gasteiger charge is -2.26. The molecule has 9 heteroatoms. The summed E-state index contributed by atoms with van der Waals surface area (Å²) in [5.74, 6) is -0.907. The van der Waals surface area contributed by atoms with E-state index in [1.54, 1.807) is 24.3 Å². The van der Waals surface area contributed by atoms with Crippen molar-refractivity contribution in [3.8, 4) is 11.5 Å². The van der Waals surface area contributed by atoms with Crippen LogP contribution in [-0.4, -0.2) is 24.5 Å². The molecule has 1 aliphatic rings. The summed E-state index contributed by atoms with van der Waals surface area (Å²) in [6, 6.07) is 22.5. The van der Waals surface area contributed by atoms with Gasteiger partial charge in [0.1, 0.15) is 12.2 Å². The van der Waals surface area contributed by atoms with Gasteiger partial charge in [0.05, 0.1) is 17.3 Å². The first-order valence-corrected chi connectivity index (χ1v) is 12.8. The van der Waals surface area contributed by atoms with Crippen LogP contribution in [0.4, 0.5) is 10.5 Å². The number of ether oxygens (including phenoxy) is 2. The van der Waals surface area contributed by atoms with E-state index in [4.69, 9.17) is 32.7 Å². The molecule has 0 spiro atoms. The zero-order chi connectivity index (χ0) is 27.5. The van der Waals surface area contributed by atoms with E-state index in [1.807, 2.05) is 49.4 Å². The van der Waals surface area contributed by atoms with Gasteiger partial charge in [0.2, 0.25) is 0 Å². The lowest BCUT2D eigenvalue weighted by molar-refractivity contribution is -0.122. The van der Waals surface area contributed by atoms with Crippen molar-refractivity contribution in [3.05, 3.63) is 106 Å². The fourth-order valence-electron chi connectivity index (χ4n) is 4.21. The molecule has 0 atom stereocenters. The second-order valence-corrected chi connectivity index (χ2v) is 9.51. The predicted octanol–water partition coefficient (Wildman–Crippen LogP) is 6.79. The number of barbiturate groups is 1. The van der Waals surface area contributed by atoms with Crippen LogP contribution >= 0.6 is 23.2 Å². The number of rotatable bonds is 7. The maximum atomic E-state index is 13.2.